The first-order valence-electron chi connectivity index (χ1n) is 41.7. The first-order chi connectivity index (χ1) is 52.7. The lowest BCUT2D eigenvalue weighted by molar-refractivity contribution is -0.161. The van der Waals surface area contributed by atoms with E-state index in [-0.39, 0.29) is 25.7 Å². The van der Waals surface area contributed by atoms with Crippen molar-refractivity contribution in [2.24, 2.45) is 0 Å². The second-order valence-electron chi connectivity index (χ2n) is 27.3. The number of carbonyl (C=O) groups is 4. The van der Waals surface area contributed by atoms with E-state index in [1.165, 1.54) is 64.2 Å². The summed E-state index contributed by atoms with van der Waals surface area (Å²) in [6, 6.07) is 0. The van der Waals surface area contributed by atoms with Gasteiger partial charge in [-0.25, -0.2) is 9.13 Å². The standard InChI is InChI=1S/C89H148O17P2/c1-5-9-13-17-21-25-29-33-37-39-41-43-47-50-54-58-62-66-70-74-87(92)100-80-84(105-88(93)75-71-67-63-59-55-51-46-36-32-28-24-20-16-12-8-4)81-103-107(95,96)101-77-83(90)78-102-108(97,98)104-82-85(79-99-86(91)73-69-65-61-57-53-49-45-35-31-27-23-19-15-11-7-3)106-89(94)76-72-68-64-60-56-52-48-44-42-40-38-34-30-26-22-18-14-10-6-2/h9-10,13-14,21-22,25-27,31,33-34,36-38,41-44,46,50,52,54,56,64,68,83-85,90H,5-8,11-12,15-20,23-24,28-30,32,35,39-40,45,47-49,51,53,55,57-63,65-67,69-82H2,1-4H3,(H,95,96)(H,97,98)/b13-9-,14-10-,25-21-,26-22-,31-27-,37-33-,38-34-,43-41-,44-42-,46-36-,54-50-,56-52-,68-64-/t83-,84-,85-/m1/s1. The number of aliphatic hydroxyl groups is 1. The van der Waals surface area contributed by atoms with Gasteiger partial charge >= 0.3 is 39.5 Å². The number of aliphatic hydroxyl groups excluding tert-OH is 1. The highest BCUT2D eigenvalue weighted by molar-refractivity contribution is 7.47. The molecule has 0 saturated carbocycles. The highest BCUT2D eigenvalue weighted by Gasteiger charge is 2.30. The van der Waals surface area contributed by atoms with Gasteiger partial charge in [0.1, 0.15) is 19.3 Å². The van der Waals surface area contributed by atoms with Crippen molar-refractivity contribution in [3.05, 3.63) is 158 Å². The highest BCUT2D eigenvalue weighted by atomic mass is 31.2. The first kappa shape index (κ1) is 103. The summed E-state index contributed by atoms with van der Waals surface area (Å²) in [6.45, 7) is 4.51. The van der Waals surface area contributed by atoms with Crippen LogP contribution in [-0.4, -0.2) is 96.7 Å². The van der Waals surface area contributed by atoms with E-state index in [0.29, 0.717) is 32.1 Å². The maximum atomic E-state index is 13.1. The van der Waals surface area contributed by atoms with Crippen LogP contribution in [0.5, 0.6) is 0 Å². The molecule has 2 unspecified atom stereocenters. The maximum absolute atomic E-state index is 13.1. The van der Waals surface area contributed by atoms with Crippen LogP contribution in [0.1, 0.15) is 323 Å². The Morgan fingerprint density at radius 3 is 0.824 bits per heavy atom. The normalized spacial score (nSPS) is 14.6. The Morgan fingerprint density at radius 1 is 0.269 bits per heavy atom. The van der Waals surface area contributed by atoms with Gasteiger partial charge in [-0.2, -0.15) is 0 Å². The number of allylic oxidation sites excluding steroid dienone is 26. The Hall–Kier alpha value is -5.32. The van der Waals surface area contributed by atoms with Gasteiger partial charge in [0.05, 0.1) is 26.4 Å². The van der Waals surface area contributed by atoms with E-state index in [9.17, 15) is 43.2 Å². The lowest BCUT2D eigenvalue weighted by atomic mass is 10.1. The predicted molar refractivity (Wildman–Crippen MR) is 445 cm³/mol. The molecule has 0 saturated heterocycles. The Kier molecular flexibility index (Phi) is 75.8. The molecule has 0 bridgehead atoms. The molecular formula is C89H148O17P2. The summed E-state index contributed by atoms with van der Waals surface area (Å²) in [5.41, 5.74) is 0. The number of phosphoric ester groups is 2. The average Bonchev–Trinajstić information content (AvgIpc) is 0.899. The number of hydrogen-bond donors (Lipinski definition) is 3. The molecule has 616 valence electrons. The molecule has 0 aliphatic carbocycles. The monoisotopic (exact) mass is 1550 g/mol. The summed E-state index contributed by atoms with van der Waals surface area (Å²) in [5, 5.41) is 10.7. The summed E-state index contributed by atoms with van der Waals surface area (Å²) in [4.78, 5) is 73.1. The van der Waals surface area contributed by atoms with Crippen LogP contribution in [0.25, 0.3) is 0 Å². The number of rotatable bonds is 77. The van der Waals surface area contributed by atoms with Crippen molar-refractivity contribution in [2.75, 3.05) is 39.6 Å². The van der Waals surface area contributed by atoms with Crippen molar-refractivity contribution in [1.29, 1.82) is 0 Å². The third-order valence-electron chi connectivity index (χ3n) is 17.0. The molecule has 0 aromatic rings. The zero-order valence-electron chi connectivity index (χ0n) is 67.5. The Morgan fingerprint density at radius 2 is 0.500 bits per heavy atom. The minimum Gasteiger partial charge on any atom is -0.462 e. The third-order valence-corrected chi connectivity index (χ3v) is 18.9. The van der Waals surface area contributed by atoms with Crippen LogP contribution in [-0.2, 0) is 65.4 Å². The fraction of sp³-hybridized carbons (Fsp3) is 0.663. The molecule has 0 rings (SSSR count). The van der Waals surface area contributed by atoms with E-state index in [1.807, 2.05) is 18.2 Å². The zero-order valence-corrected chi connectivity index (χ0v) is 69.3. The lowest BCUT2D eigenvalue weighted by Gasteiger charge is -2.21. The largest absolute Gasteiger partial charge is 0.472 e. The average molecular weight is 1550 g/mol. The second kappa shape index (κ2) is 79.8. The first-order valence-corrected chi connectivity index (χ1v) is 44.7. The molecule has 0 aromatic carbocycles. The molecule has 0 aromatic heterocycles. The zero-order chi connectivity index (χ0) is 78.9. The molecule has 5 atom stereocenters. The van der Waals surface area contributed by atoms with E-state index >= 15 is 0 Å². The Bertz CT molecular complexity index is 2660. The fourth-order valence-corrected chi connectivity index (χ4v) is 12.3. The van der Waals surface area contributed by atoms with Crippen LogP contribution in [0, 0.1) is 0 Å². The number of carbonyl (C=O) groups excluding carboxylic acids is 4. The van der Waals surface area contributed by atoms with Crippen molar-refractivity contribution in [1.82, 2.24) is 0 Å². The van der Waals surface area contributed by atoms with E-state index < -0.39 is 97.5 Å². The molecule has 0 spiro atoms. The molecule has 19 heteroatoms. The predicted octanol–water partition coefficient (Wildman–Crippen LogP) is 24.8. The molecule has 108 heavy (non-hydrogen) atoms. The number of unbranched alkanes of at least 4 members (excludes halogenated alkanes) is 25. The number of ether oxygens (including phenoxy) is 4. The molecular weight excluding hydrogens is 1400 g/mol. The van der Waals surface area contributed by atoms with Crippen molar-refractivity contribution < 1.29 is 80.2 Å². The van der Waals surface area contributed by atoms with Gasteiger partial charge in [0.25, 0.3) is 0 Å². The summed E-state index contributed by atoms with van der Waals surface area (Å²) < 4.78 is 68.6. The van der Waals surface area contributed by atoms with E-state index in [4.69, 9.17) is 37.0 Å². The summed E-state index contributed by atoms with van der Waals surface area (Å²) in [6.07, 6.45) is 93.7. The highest BCUT2D eigenvalue weighted by Crippen LogP contribution is 2.45. The van der Waals surface area contributed by atoms with Crippen LogP contribution in [0.15, 0.2) is 158 Å². The smallest absolute Gasteiger partial charge is 0.462 e. The van der Waals surface area contributed by atoms with Crippen LogP contribution in [0.4, 0.5) is 0 Å². The third kappa shape index (κ3) is 78.8. The SMILES string of the molecule is CC/C=C\C/C=C\C/C=C\C/C=C\C/C=C\C/C=C\CCC(=O)O[C@H](COC(=O)CCCCCCCCC/C=C\CCCCCC)COP(=O)(O)OC[C@H](O)COP(=O)(O)OC[C@@H](COC(=O)CCCCC/C=C\C/C=C\C/C=C\C/C=C\C/C=C\CC)OC(=O)CCCCCCC/C=C\CCCCCCCC. The van der Waals surface area contributed by atoms with Gasteiger partial charge in [-0.05, 0) is 161 Å². The Balaban J connectivity index is 5.48. The molecule has 0 aliphatic rings. The number of hydrogen-bond acceptors (Lipinski definition) is 15. The molecule has 0 fully saturated rings. The summed E-state index contributed by atoms with van der Waals surface area (Å²) in [5.74, 6) is -2.33. The number of esters is 4. The van der Waals surface area contributed by atoms with Crippen LogP contribution >= 0.6 is 15.6 Å². The van der Waals surface area contributed by atoms with Crippen LogP contribution in [0.2, 0.25) is 0 Å². The fourth-order valence-electron chi connectivity index (χ4n) is 10.7. The van der Waals surface area contributed by atoms with E-state index in [0.717, 1.165) is 173 Å². The topological polar surface area (TPSA) is 237 Å². The van der Waals surface area contributed by atoms with Crippen molar-refractivity contribution in [3.63, 3.8) is 0 Å². The summed E-state index contributed by atoms with van der Waals surface area (Å²) in [7, 11) is -10.0. The maximum Gasteiger partial charge on any atom is 0.472 e. The molecule has 0 amide bonds. The molecule has 3 N–H and O–H groups in total. The lowest BCUT2D eigenvalue weighted by Crippen LogP contribution is -2.30. The van der Waals surface area contributed by atoms with Crippen molar-refractivity contribution >= 4 is 39.5 Å². The van der Waals surface area contributed by atoms with Crippen molar-refractivity contribution in [2.45, 2.75) is 341 Å². The van der Waals surface area contributed by atoms with Crippen LogP contribution < -0.4 is 0 Å². The number of phosphoric acid groups is 2. The van der Waals surface area contributed by atoms with Crippen LogP contribution in [0.3, 0.4) is 0 Å². The second-order valence-corrected chi connectivity index (χ2v) is 30.2. The summed E-state index contributed by atoms with van der Waals surface area (Å²) >= 11 is 0. The van der Waals surface area contributed by atoms with E-state index in [2.05, 4.69) is 167 Å². The van der Waals surface area contributed by atoms with E-state index in [1.54, 1.807) is 0 Å². The molecule has 0 aliphatic heterocycles. The van der Waals surface area contributed by atoms with Gasteiger partial charge in [-0.3, -0.25) is 37.3 Å². The molecule has 17 nitrogen and oxygen atoms in total. The Labute approximate surface area is 655 Å². The van der Waals surface area contributed by atoms with Crippen molar-refractivity contribution in [3.8, 4) is 0 Å². The van der Waals surface area contributed by atoms with Gasteiger partial charge < -0.3 is 33.8 Å². The quantitative estimate of drug-likeness (QED) is 0.0169. The minimum atomic E-state index is -5.01. The van der Waals surface area contributed by atoms with Gasteiger partial charge in [-0.1, -0.05) is 295 Å². The van der Waals surface area contributed by atoms with Gasteiger partial charge in [-0.15, -0.1) is 0 Å². The molecule has 0 radical (unpaired) electrons. The minimum absolute atomic E-state index is 0.0357. The van der Waals surface area contributed by atoms with Gasteiger partial charge in [0, 0.05) is 25.7 Å². The van der Waals surface area contributed by atoms with Gasteiger partial charge in [0.15, 0.2) is 12.2 Å². The molecule has 0 heterocycles. The van der Waals surface area contributed by atoms with Gasteiger partial charge in [0.2, 0.25) is 0 Å².